The Labute approximate surface area is 105 Å². The summed E-state index contributed by atoms with van der Waals surface area (Å²) in [6.07, 6.45) is -1.62. The fourth-order valence-electron chi connectivity index (χ4n) is 1.70. The van der Waals surface area contributed by atoms with Gasteiger partial charge in [0.15, 0.2) is 6.10 Å². The SMILES string of the molecule is CCOc1cccc(C(O)C(=O)O)c1CC(C)=O. The quantitative estimate of drug-likeness (QED) is 0.798. The number of carbonyl (C=O) groups is 2. The number of aliphatic hydroxyl groups excluding tert-OH is 1. The predicted molar refractivity (Wildman–Crippen MR) is 64.6 cm³/mol. The smallest absolute Gasteiger partial charge is 0.337 e. The van der Waals surface area contributed by atoms with Crippen LogP contribution in [0, 0.1) is 0 Å². The van der Waals surface area contributed by atoms with Crippen LogP contribution in [-0.4, -0.2) is 28.6 Å². The summed E-state index contributed by atoms with van der Waals surface area (Å²) in [5, 5.41) is 18.5. The highest BCUT2D eigenvalue weighted by Crippen LogP contribution is 2.28. The Kier molecular flexibility index (Phi) is 4.85. The number of carboxylic acids is 1. The minimum absolute atomic E-state index is 0.0375. The molecule has 1 aromatic rings. The molecule has 2 N–H and O–H groups in total. The third-order valence-corrected chi connectivity index (χ3v) is 2.42. The average molecular weight is 252 g/mol. The van der Waals surface area contributed by atoms with Gasteiger partial charge in [0.05, 0.1) is 6.61 Å². The Bertz CT molecular complexity index is 453. The van der Waals surface area contributed by atoms with Crippen LogP contribution in [-0.2, 0) is 16.0 Å². The first kappa shape index (κ1) is 14.2. The first-order valence-electron chi connectivity index (χ1n) is 5.62. The Balaban J connectivity index is 3.26. The van der Waals surface area contributed by atoms with Crippen molar-refractivity contribution in [2.45, 2.75) is 26.4 Å². The van der Waals surface area contributed by atoms with E-state index in [0.29, 0.717) is 17.9 Å². The zero-order valence-electron chi connectivity index (χ0n) is 10.3. The molecular formula is C13H16O5. The molecule has 0 saturated carbocycles. The van der Waals surface area contributed by atoms with Crippen molar-refractivity contribution in [2.24, 2.45) is 0 Å². The van der Waals surface area contributed by atoms with E-state index < -0.39 is 12.1 Å². The number of benzene rings is 1. The highest BCUT2D eigenvalue weighted by molar-refractivity contribution is 5.81. The summed E-state index contributed by atoms with van der Waals surface area (Å²) in [5.41, 5.74) is 0.630. The Morgan fingerprint density at radius 2 is 2.06 bits per heavy atom. The van der Waals surface area contributed by atoms with Gasteiger partial charge in [0.25, 0.3) is 0 Å². The van der Waals surface area contributed by atoms with E-state index in [1.807, 2.05) is 0 Å². The van der Waals surface area contributed by atoms with Gasteiger partial charge in [-0.05, 0) is 25.5 Å². The first-order valence-corrected chi connectivity index (χ1v) is 5.62. The number of hydrogen-bond donors (Lipinski definition) is 2. The number of carboxylic acid groups (broad SMARTS) is 1. The van der Waals surface area contributed by atoms with Gasteiger partial charge >= 0.3 is 5.97 Å². The van der Waals surface area contributed by atoms with E-state index in [1.165, 1.54) is 13.0 Å². The molecule has 0 fully saturated rings. The highest BCUT2D eigenvalue weighted by Gasteiger charge is 2.22. The minimum Gasteiger partial charge on any atom is -0.494 e. The van der Waals surface area contributed by atoms with Gasteiger partial charge in [0.1, 0.15) is 11.5 Å². The van der Waals surface area contributed by atoms with E-state index in [2.05, 4.69) is 0 Å². The molecule has 1 aromatic carbocycles. The van der Waals surface area contributed by atoms with Crippen LogP contribution in [0.5, 0.6) is 5.75 Å². The van der Waals surface area contributed by atoms with Gasteiger partial charge in [-0.15, -0.1) is 0 Å². The highest BCUT2D eigenvalue weighted by atomic mass is 16.5. The summed E-state index contributed by atoms with van der Waals surface area (Å²) in [5.74, 6) is -1.04. The van der Waals surface area contributed by atoms with Crippen molar-refractivity contribution in [3.05, 3.63) is 29.3 Å². The molecule has 0 heterocycles. The van der Waals surface area contributed by atoms with Gasteiger partial charge in [-0.1, -0.05) is 12.1 Å². The number of ketones is 1. The molecule has 0 amide bonds. The van der Waals surface area contributed by atoms with E-state index in [1.54, 1.807) is 19.1 Å². The fraction of sp³-hybridized carbons (Fsp3) is 0.385. The van der Waals surface area contributed by atoms with E-state index in [-0.39, 0.29) is 17.8 Å². The van der Waals surface area contributed by atoms with Crippen LogP contribution in [0.4, 0.5) is 0 Å². The number of rotatable bonds is 6. The second-order valence-corrected chi connectivity index (χ2v) is 3.88. The molecule has 0 aliphatic rings. The molecule has 1 unspecified atom stereocenters. The van der Waals surface area contributed by atoms with Crippen molar-refractivity contribution in [1.82, 2.24) is 0 Å². The zero-order chi connectivity index (χ0) is 13.7. The number of carbonyl (C=O) groups excluding carboxylic acids is 1. The Hall–Kier alpha value is -1.88. The maximum Gasteiger partial charge on any atom is 0.337 e. The monoisotopic (exact) mass is 252 g/mol. The van der Waals surface area contributed by atoms with Gasteiger partial charge < -0.3 is 14.9 Å². The van der Waals surface area contributed by atoms with Crippen molar-refractivity contribution in [1.29, 1.82) is 0 Å². The summed E-state index contributed by atoms with van der Waals surface area (Å²) in [6.45, 7) is 3.59. The van der Waals surface area contributed by atoms with E-state index in [9.17, 15) is 14.7 Å². The molecule has 5 nitrogen and oxygen atoms in total. The molecule has 0 bridgehead atoms. The Morgan fingerprint density at radius 1 is 1.39 bits per heavy atom. The van der Waals surface area contributed by atoms with Crippen molar-refractivity contribution in [3.8, 4) is 5.75 Å². The molecule has 5 heteroatoms. The third kappa shape index (κ3) is 3.30. The number of aliphatic hydroxyl groups is 1. The predicted octanol–water partition coefficient (Wildman–Crippen LogP) is 1.33. The van der Waals surface area contributed by atoms with Gasteiger partial charge in [0.2, 0.25) is 0 Å². The van der Waals surface area contributed by atoms with Crippen molar-refractivity contribution < 1.29 is 24.5 Å². The standard InChI is InChI=1S/C13H16O5/c1-3-18-11-6-4-5-9(12(15)13(16)17)10(11)7-8(2)14/h4-6,12,15H,3,7H2,1-2H3,(H,16,17). The molecule has 1 atom stereocenters. The van der Waals surface area contributed by atoms with Crippen LogP contribution < -0.4 is 4.74 Å². The number of aliphatic carboxylic acids is 1. The lowest BCUT2D eigenvalue weighted by Crippen LogP contribution is -2.15. The fourth-order valence-corrected chi connectivity index (χ4v) is 1.70. The molecule has 0 saturated heterocycles. The van der Waals surface area contributed by atoms with Gasteiger partial charge in [-0.3, -0.25) is 4.79 Å². The molecule has 0 spiro atoms. The topological polar surface area (TPSA) is 83.8 Å². The van der Waals surface area contributed by atoms with Crippen LogP contribution >= 0.6 is 0 Å². The molecule has 0 radical (unpaired) electrons. The largest absolute Gasteiger partial charge is 0.494 e. The lowest BCUT2D eigenvalue weighted by atomic mass is 9.97. The van der Waals surface area contributed by atoms with Gasteiger partial charge in [-0.25, -0.2) is 4.79 Å². The maximum atomic E-state index is 11.2. The maximum absolute atomic E-state index is 11.2. The second kappa shape index (κ2) is 6.16. The summed E-state index contributed by atoms with van der Waals surface area (Å²) in [7, 11) is 0. The molecule has 0 aliphatic carbocycles. The summed E-state index contributed by atoms with van der Waals surface area (Å²) in [6, 6.07) is 4.73. The van der Waals surface area contributed by atoms with Crippen LogP contribution in [0.25, 0.3) is 0 Å². The van der Waals surface area contributed by atoms with Crippen LogP contribution in [0.2, 0.25) is 0 Å². The summed E-state index contributed by atoms with van der Waals surface area (Å²) >= 11 is 0. The van der Waals surface area contributed by atoms with E-state index >= 15 is 0 Å². The number of hydrogen-bond acceptors (Lipinski definition) is 4. The number of ether oxygens (including phenoxy) is 1. The molecule has 98 valence electrons. The van der Waals surface area contributed by atoms with Crippen LogP contribution in [0.1, 0.15) is 31.1 Å². The average Bonchev–Trinajstić information content (AvgIpc) is 2.30. The Morgan fingerprint density at radius 3 is 2.56 bits per heavy atom. The zero-order valence-corrected chi connectivity index (χ0v) is 10.3. The van der Waals surface area contributed by atoms with Crippen LogP contribution in [0.3, 0.4) is 0 Å². The van der Waals surface area contributed by atoms with Crippen molar-refractivity contribution >= 4 is 11.8 Å². The molecular weight excluding hydrogens is 236 g/mol. The minimum atomic E-state index is -1.65. The summed E-state index contributed by atoms with van der Waals surface area (Å²) in [4.78, 5) is 22.1. The normalized spacial score (nSPS) is 11.9. The van der Waals surface area contributed by atoms with Gasteiger partial charge in [0, 0.05) is 12.0 Å². The second-order valence-electron chi connectivity index (χ2n) is 3.88. The molecule has 0 aliphatic heterocycles. The number of Topliss-reactive ketones (excluding diaryl/α,β-unsaturated/α-hetero) is 1. The van der Waals surface area contributed by atoms with E-state index in [0.717, 1.165) is 0 Å². The van der Waals surface area contributed by atoms with Crippen molar-refractivity contribution in [3.63, 3.8) is 0 Å². The van der Waals surface area contributed by atoms with Crippen LogP contribution in [0.15, 0.2) is 18.2 Å². The molecule has 18 heavy (non-hydrogen) atoms. The van der Waals surface area contributed by atoms with E-state index in [4.69, 9.17) is 9.84 Å². The third-order valence-electron chi connectivity index (χ3n) is 2.42. The molecule has 1 rings (SSSR count). The molecule has 0 aromatic heterocycles. The van der Waals surface area contributed by atoms with Crippen molar-refractivity contribution in [2.75, 3.05) is 6.61 Å². The first-order chi connectivity index (χ1) is 8.47. The van der Waals surface area contributed by atoms with Gasteiger partial charge in [-0.2, -0.15) is 0 Å². The lowest BCUT2D eigenvalue weighted by Gasteiger charge is -2.15. The summed E-state index contributed by atoms with van der Waals surface area (Å²) < 4.78 is 5.35. The lowest BCUT2D eigenvalue weighted by molar-refractivity contribution is -0.147.